The second kappa shape index (κ2) is 11.5. The Morgan fingerprint density at radius 3 is 2.45 bits per heavy atom. The van der Waals surface area contributed by atoms with Gasteiger partial charge in [0.15, 0.2) is 0 Å². The van der Waals surface area contributed by atoms with Gasteiger partial charge in [-0.15, -0.1) is 0 Å². The van der Waals surface area contributed by atoms with Crippen molar-refractivity contribution in [3.63, 3.8) is 0 Å². The van der Waals surface area contributed by atoms with Crippen molar-refractivity contribution >= 4 is 5.97 Å². The van der Waals surface area contributed by atoms with E-state index in [1.165, 1.54) is 11.1 Å². The van der Waals surface area contributed by atoms with E-state index in [1.807, 2.05) is 13.0 Å². The van der Waals surface area contributed by atoms with Gasteiger partial charge >= 0.3 is 5.97 Å². The summed E-state index contributed by atoms with van der Waals surface area (Å²) in [6.07, 6.45) is 12.5. The van der Waals surface area contributed by atoms with Crippen molar-refractivity contribution in [2.24, 2.45) is 5.92 Å². The minimum absolute atomic E-state index is 0.243. The zero-order valence-electron chi connectivity index (χ0n) is 13.7. The summed E-state index contributed by atoms with van der Waals surface area (Å²) in [5, 5.41) is 0. The summed E-state index contributed by atoms with van der Waals surface area (Å²) in [6, 6.07) is 0. The monoisotopic (exact) mass is 278 g/mol. The average Bonchev–Trinajstić information content (AvgIpc) is 2.36. The number of carbonyl (C=O) groups excluding carboxylic acids is 1. The molecule has 2 nitrogen and oxygen atoms in total. The number of ether oxygens (including phenoxy) is 1. The first-order chi connectivity index (χ1) is 9.45. The van der Waals surface area contributed by atoms with E-state index in [1.54, 1.807) is 6.08 Å². The van der Waals surface area contributed by atoms with E-state index in [0.29, 0.717) is 12.5 Å². The molecule has 0 radical (unpaired) electrons. The SMILES string of the molecule is CCOC(=O)/C=C/[C@H](C)CC/C=C(\C)CCC=C(C)C. The molecule has 0 aliphatic rings. The van der Waals surface area contributed by atoms with Crippen molar-refractivity contribution in [2.75, 3.05) is 6.61 Å². The van der Waals surface area contributed by atoms with E-state index in [0.717, 1.165) is 25.7 Å². The van der Waals surface area contributed by atoms with Gasteiger partial charge in [0.25, 0.3) is 0 Å². The van der Waals surface area contributed by atoms with Crippen LogP contribution in [0.2, 0.25) is 0 Å². The molecule has 0 aromatic carbocycles. The van der Waals surface area contributed by atoms with Crippen LogP contribution in [0.5, 0.6) is 0 Å². The van der Waals surface area contributed by atoms with Crippen molar-refractivity contribution in [2.45, 2.75) is 60.3 Å². The van der Waals surface area contributed by atoms with Crippen LogP contribution >= 0.6 is 0 Å². The first kappa shape index (κ1) is 18.7. The highest BCUT2D eigenvalue weighted by Crippen LogP contribution is 2.12. The highest BCUT2D eigenvalue weighted by atomic mass is 16.5. The van der Waals surface area contributed by atoms with Gasteiger partial charge in [0.1, 0.15) is 0 Å². The summed E-state index contributed by atoms with van der Waals surface area (Å²) < 4.78 is 4.86. The number of hydrogen-bond donors (Lipinski definition) is 0. The van der Waals surface area contributed by atoms with Gasteiger partial charge in [-0.3, -0.25) is 0 Å². The maximum Gasteiger partial charge on any atom is 0.330 e. The van der Waals surface area contributed by atoms with E-state index in [2.05, 4.69) is 39.8 Å². The summed E-state index contributed by atoms with van der Waals surface area (Å²) in [5.41, 5.74) is 2.83. The van der Waals surface area contributed by atoms with Crippen LogP contribution in [0, 0.1) is 5.92 Å². The Morgan fingerprint density at radius 2 is 1.85 bits per heavy atom. The van der Waals surface area contributed by atoms with Gasteiger partial charge in [-0.05, 0) is 59.3 Å². The molecule has 0 saturated carbocycles. The Morgan fingerprint density at radius 1 is 1.15 bits per heavy atom. The van der Waals surface area contributed by atoms with Crippen molar-refractivity contribution < 1.29 is 9.53 Å². The molecule has 1 atom stereocenters. The van der Waals surface area contributed by atoms with Crippen LogP contribution in [-0.2, 0) is 9.53 Å². The minimum Gasteiger partial charge on any atom is -0.463 e. The molecular formula is C18H30O2. The molecule has 0 rings (SSSR count). The molecule has 0 heterocycles. The molecule has 0 aromatic rings. The van der Waals surface area contributed by atoms with Crippen LogP contribution in [0.25, 0.3) is 0 Å². The smallest absolute Gasteiger partial charge is 0.330 e. The Kier molecular flexibility index (Phi) is 10.8. The lowest BCUT2D eigenvalue weighted by molar-refractivity contribution is -0.137. The van der Waals surface area contributed by atoms with Crippen LogP contribution in [0.4, 0.5) is 0 Å². The molecule has 114 valence electrons. The van der Waals surface area contributed by atoms with Crippen molar-refractivity contribution in [1.82, 2.24) is 0 Å². The van der Waals surface area contributed by atoms with Crippen LogP contribution in [-0.4, -0.2) is 12.6 Å². The van der Waals surface area contributed by atoms with Gasteiger partial charge in [0, 0.05) is 6.08 Å². The molecule has 0 spiro atoms. The predicted octanol–water partition coefficient (Wildman–Crippen LogP) is 5.21. The predicted molar refractivity (Wildman–Crippen MR) is 86.6 cm³/mol. The fraction of sp³-hybridized carbons (Fsp3) is 0.611. The number of rotatable bonds is 9. The molecule has 0 aliphatic heterocycles. The Balaban J connectivity index is 3.91. The van der Waals surface area contributed by atoms with Crippen molar-refractivity contribution in [3.8, 4) is 0 Å². The normalized spacial score (nSPS) is 13.3. The molecule has 0 aromatic heterocycles. The van der Waals surface area contributed by atoms with E-state index in [-0.39, 0.29) is 5.97 Å². The third-order valence-corrected chi connectivity index (χ3v) is 3.05. The lowest BCUT2D eigenvalue weighted by Gasteiger charge is -2.04. The Hall–Kier alpha value is -1.31. The molecule has 0 amide bonds. The third-order valence-electron chi connectivity index (χ3n) is 3.05. The van der Waals surface area contributed by atoms with E-state index < -0.39 is 0 Å². The molecule has 0 bridgehead atoms. The third kappa shape index (κ3) is 11.8. The fourth-order valence-electron chi connectivity index (χ4n) is 1.81. The van der Waals surface area contributed by atoms with Crippen LogP contribution in [0.15, 0.2) is 35.5 Å². The first-order valence-electron chi connectivity index (χ1n) is 7.59. The molecule has 0 aliphatic carbocycles. The zero-order chi connectivity index (χ0) is 15.4. The Bertz CT molecular complexity index is 358. The molecule has 0 N–H and O–H groups in total. The average molecular weight is 278 g/mol. The molecule has 0 unspecified atom stereocenters. The minimum atomic E-state index is -0.243. The summed E-state index contributed by atoms with van der Waals surface area (Å²) in [6.45, 7) is 10.8. The first-order valence-corrected chi connectivity index (χ1v) is 7.59. The van der Waals surface area contributed by atoms with Gasteiger partial charge in [-0.1, -0.05) is 36.3 Å². The highest BCUT2D eigenvalue weighted by Gasteiger charge is 1.99. The lowest BCUT2D eigenvalue weighted by Crippen LogP contribution is -2.00. The molecular weight excluding hydrogens is 248 g/mol. The summed E-state index contributed by atoms with van der Waals surface area (Å²) in [5.74, 6) is 0.161. The van der Waals surface area contributed by atoms with Gasteiger partial charge in [-0.2, -0.15) is 0 Å². The standard InChI is InChI=1S/C18H30O2/c1-6-20-18(19)14-13-17(5)12-8-11-16(4)10-7-9-15(2)3/h9,11,13-14,17H,6-8,10,12H2,1-5H3/b14-13+,16-11+/t17-/m1/s1. The lowest BCUT2D eigenvalue weighted by atomic mass is 10.0. The second-order valence-electron chi connectivity index (χ2n) is 5.54. The molecule has 0 saturated heterocycles. The molecule has 2 heteroatoms. The number of allylic oxidation sites excluding steroid dienone is 5. The topological polar surface area (TPSA) is 26.3 Å². The fourth-order valence-corrected chi connectivity index (χ4v) is 1.81. The summed E-state index contributed by atoms with van der Waals surface area (Å²) in [4.78, 5) is 11.2. The summed E-state index contributed by atoms with van der Waals surface area (Å²) >= 11 is 0. The van der Waals surface area contributed by atoms with E-state index >= 15 is 0 Å². The van der Waals surface area contributed by atoms with Gasteiger partial charge < -0.3 is 4.74 Å². The number of hydrogen-bond acceptors (Lipinski definition) is 2. The second-order valence-corrected chi connectivity index (χ2v) is 5.54. The van der Waals surface area contributed by atoms with Gasteiger partial charge in [0.2, 0.25) is 0 Å². The summed E-state index contributed by atoms with van der Waals surface area (Å²) in [7, 11) is 0. The molecule has 20 heavy (non-hydrogen) atoms. The quantitative estimate of drug-likeness (QED) is 0.328. The van der Waals surface area contributed by atoms with Crippen LogP contribution in [0.3, 0.4) is 0 Å². The van der Waals surface area contributed by atoms with Crippen molar-refractivity contribution in [1.29, 1.82) is 0 Å². The van der Waals surface area contributed by atoms with Gasteiger partial charge in [0.05, 0.1) is 6.61 Å². The van der Waals surface area contributed by atoms with Crippen LogP contribution < -0.4 is 0 Å². The van der Waals surface area contributed by atoms with Gasteiger partial charge in [-0.25, -0.2) is 4.79 Å². The van der Waals surface area contributed by atoms with E-state index in [4.69, 9.17) is 4.74 Å². The maximum atomic E-state index is 11.2. The Labute approximate surface area is 124 Å². The molecule has 0 fully saturated rings. The zero-order valence-corrected chi connectivity index (χ0v) is 13.7. The largest absolute Gasteiger partial charge is 0.463 e. The highest BCUT2D eigenvalue weighted by molar-refractivity contribution is 5.81. The van der Waals surface area contributed by atoms with Crippen LogP contribution in [0.1, 0.15) is 60.3 Å². The number of esters is 1. The maximum absolute atomic E-state index is 11.2. The van der Waals surface area contributed by atoms with E-state index in [9.17, 15) is 4.79 Å². The number of carbonyl (C=O) groups is 1. The van der Waals surface area contributed by atoms with Crippen molar-refractivity contribution in [3.05, 3.63) is 35.5 Å².